The van der Waals surface area contributed by atoms with Crippen LogP contribution in [0.5, 0.6) is 0 Å². The molecule has 4 rings (SSSR count). The number of likely N-dealkylation sites (tertiary alicyclic amines) is 2. The van der Waals surface area contributed by atoms with Gasteiger partial charge < -0.3 is 14.2 Å². The van der Waals surface area contributed by atoms with Crippen molar-refractivity contribution in [2.75, 3.05) is 26.2 Å². The molecule has 3 aliphatic rings. The van der Waals surface area contributed by atoms with Crippen LogP contribution in [0.1, 0.15) is 49.1 Å². The van der Waals surface area contributed by atoms with E-state index in [1.54, 1.807) is 17.0 Å². The molecular formula is C18H24N2O3. The second-order valence-corrected chi connectivity index (χ2v) is 7.39. The minimum Gasteiger partial charge on any atom is -0.459 e. The average molecular weight is 316 g/mol. The van der Waals surface area contributed by atoms with E-state index in [2.05, 4.69) is 4.90 Å². The van der Waals surface area contributed by atoms with Gasteiger partial charge in [-0.3, -0.25) is 9.59 Å². The van der Waals surface area contributed by atoms with Gasteiger partial charge in [0.2, 0.25) is 5.91 Å². The third kappa shape index (κ3) is 2.56. The zero-order valence-corrected chi connectivity index (χ0v) is 13.5. The van der Waals surface area contributed by atoms with E-state index in [1.807, 2.05) is 0 Å². The minimum atomic E-state index is -0.343. The molecule has 0 unspecified atom stereocenters. The first-order valence-corrected chi connectivity index (χ1v) is 8.80. The van der Waals surface area contributed by atoms with Crippen molar-refractivity contribution in [2.24, 2.45) is 11.3 Å². The zero-order chi connectivity index (χ0) is 15.9. The lowest BCUT2D eigenvalue weighted by atomic mass is 9.77. The third-order valence-electron chi connectivity index (χ3n) is 5.90. The second kappa shape index (κ2) is 5.69. The summed E-state index contributed by atoms with van der Waals surface area (Å²) in [5.74, 6) is 1.27. The van der Waals surface area contributed by atoms with E-state index >= 15 is 0 Å². The number of piperidine rings is 1. The number of nitrogens with zero attached hydrogens (tertiary/aromatic N) is 2. The predicted molar refractivity (Wildman–Crippen MR) is 84.8 cm³/mol. The Bertz CT molecular complexity index is 593. The first kappa shape index (κ1) is 14.8. The number of hydrogen-bond acceptors (Lipinski definition) is 3. The number of carbonyl (C=O) groups excluding carboxylic acids is 2. The fourth-order valence-corrected chi connectivity index (χ4v) is 4.29. The fourth-order valence-electron chi connectivity index (χ4n) is 4.29. The second-order valence-electron chi connectivity index (χ2n) is 7.39. The van der Waals surface area contributed by atoms with E-state index < -0.39 is 0 Å². The summed E-state index contributed by atoms with van der Waals surface area (Å²) in [6, 6.07) is 3.42. The molecule has 23 heavy (non-hydrogen) atoms. The zero-order valence-electron chi connectivity index (χ0n) is 13.5. The van der Waals surface area contributed by atoms with Crippen LogP contribution in [-0.2, 0) is 4.79 Å². The fraction of sp³-hybridized carbons (Fsp3) is 0.667. The molecule has 1 aromatic rings. The molecule has 0 N–H and O–H groups in total. The Balaban J connectivity index is 1.45. The lowest BCUT2D eigenvalue weighted by Crippen LogP contribution is -2.52. The molecule has 2 saturated heterocycles. The minimum absolute atomic E-state index is 0.0872. The third-order valence-corrected chi connectivity index (χ3v) is 5.90. The van der Waals surface area contributed by atoms with Crippen molar-refractivity contribution in [3.8, 4) is 0 Å². The van der Waals surface area contributed by atoms with Crippen molar-refractivity contribution in [3.05, 3.63) is 24.2 Å². The maximum absolute atomic E-state index is 13.0. The van der Waals surface area contributed by atoms with Crippen LogP contribution in [0.4, 0.5) is 0 Å². The maximum Gasteiger partial charge on any atom is 0.289 e. The molecule has 0 radical (unpaired) electrons. The summed E-state index contributed by atoms with van der Waals surface area (Å²) in [6.07, 6.45) is 8.11. The van der Waals surface area contributed by atoms with E-state index in [0.717, 1.165) is 32.4 Å². The summed E-state index contributed by atoms with van der Waals surface area (Å²) in [5.41, 5.74) is -0.343. The Kier molecular flexibility index (Phi) is 3.66. The van der Waals surface area contributed by atoms with E-state index in [0.29, 0.717) is 24.8 Å². The van der Waals surface area contributed by atoms with E-state index in [4.69, 9.17) is 4.42 Å². The van der Waals surface area contributed by atoms with Crippen molar-refractivity contribution in [2.45, 2.75) is 38.5 Å². The van der Waals surface area contributed by atoms with Crippen molar-refractivity contribution in [3.63, 3.8) is 0 Å². The van der Waals surface area contributed by atoms with Gasteiger partial charge in [0.05, 0.1) is 11.7 Å². The Morgan fingerprint density at radius 1 is 1.26 bits per heavy atom. The molecule has 124 valence electrons. The van der Waals surface area contributed by atoms with E-state index in [1.165, 1.54) is 25.5 Å². The quantitative estimate of drug-likeness (QED) is 0.861. The maximum atomic E-state index is 13.0. The molecule has 2 aliphatic heterocycles. The van der Waals surface area contributed by atoms with E-state index in [9.17, 15) is 9.59 Å². The molecule has 1 saturated carbocycles. The number of amides is 2. The van der Waals surface area contributed by atoms with Gasteiger partial charge in [-0.1, -0.05) is 6.42 Å². The SMILES string of the molecule is O=C(c1ccco1)N1CC[C@]2(CCCN(CC3CCC3)C2=O)C1. The molecule has 3 fully saturated rings. The smallest absolute Gasteiger partial charge is 0.289 e. The Morgan fingerprint density at radius 2 is 2.13 bits per heavy atom. The summed E-state index contributed by atoms with van der Waals surface area (Å²) in [7, 11) is 0. The highest BCUT2D eigenvalue weighted by Gasteiger charge is 2.50. The first-order chi connectivity index (χ1) is 11.2. The van der Waals surface area contributed by atoms with Gasteiger partial charge in [-0.2, -0.15) is 0 Å². The van der Waals surface area contributed by atoms with Gasteiger partial charge in [0.25, 0.3) is 5.91 Å². The summed E-state index contributed by atoms with van der Waals surface area (Å²) >= 11 is 0. The molecule has 1 aromatic heterocycles. The molecule has 0 bridgehead atoms. The lowest BCUT2D eigenvalue weighted by Gasteiger charge is -2.42. The van der Waals surface area contributed by atoms with Crippen LogP contribution in [0, 0.1) is 11.3 Å². The first-order valence-electron chi connectivity index (χ1n) is 8.80. The normalized spacial score (nSPS) is 28.4. The predicted octanol–water partition coefficient (Wildman–Crippen LogP) is 2.53. The van der Waals surface area contributed by atoms with Crippen LogP contribution in [-0.4, -0.2) is 47.8 Å². The Hall–Kier alpha value is -1.78. The van der Waals surface area contributed by atoms with Gasteiger partial charge in [0.15, 0.2) is 5.76 Å². The van der Waals surface area contributed by atoms with E-state index in [-0.39, 0.29) is 17.2 Å². The molecule has 2 amide bonds. The van der Waals surface area contributed by atoms with Gasteiger partial charge in [-0.25, -0.2) is 0 Å². The average Bonchev–Trinajstić information content (AvgIpc) is 3.17. The number of hydrogen-bond donors (Lipinski definition) is 0. The Morgan fingerprint density at radius 3 is 2.83 bits per heavy atom. The molecule has 1 spiro atoms. The van der Waals surface area contributed by atoms with Gasteiger partial charge in [-0.05, 0) is 50.2 Å². The van der Waals surface area contributed by atoms with Crippen molar-refractivity contribution in [1.29, 1.82) is 0 Å². The summed E-state index contributed by atoms with van der Waals surface area (Å²) < 4.78 is 5.22. The van der Waals surface area contributed by atoms with Crippen LogP contribution in [0.25, 0.3) is 0 Å². The number of rotatable bonds is 3. The van der Waals surface area contributed by atoms with Gasteiger partial charge in [-0.15, -0.1) is 0 Å². The number of carbonyl (C=O) groups is 2. The van der Waals surface area contributed by atoms with Crippen LogP contribution in [0.15, 0.2) is 22.8 Å². The monoisotopic (exact) mass is 316 g/mol. The van der Waals surface area contributed by atoms with Gasteiger partial charge in [0, 0.05) is 26.2 Å². The highest BCUT2D eigenvalue weighted by atomic mass is 16.3. The molecule has 3 heterocycles. The number of furan rings is 1. The Labute approximate surface area is 136 Å². The van der Waals surface area contributed by atoms with Crippen molar-refractivity contribution >= 4 is 11.8 Å². The lowest BCUT2D eigenvalue weighted by molar-refractivity contribution is -0.146. The van der Waals surface area contributed by atoms with Crippen LogP contribution in [0.3, 0.4) is 0 Å². The summed E-state index contributed by atoms with van der Waals surface area (Å²) in [5, 5.41) is 0. The molecular weight excluding hydrogens is 292 g/mol. The van der Waals surface area contributed by atoms with Crippen molar-refractivity contribution in [1.82, 2.24) is 9.80 Å². The van der Waals surface area contributed by atoms with Gasteiger partial charge >= 0.3 is 0 Å². The van der Waals surface area contributed by atoms with Crippen LogP contribution < -0.4 is 0 Å². The highest BCUT2D eigenvalue weighted by molar-refractivity contribution is 5.93. The standard InChI is InChI=1S/C18H24N2O3/c21-16(15-6-2-11-23-15)20-10-8-18(13-20)7-3-9-19(17(18)22)12-14-4-1-5-14/h2,6,11,14H,1,3-5,7-10,12-13H2/t18-/m1/s1. The largest absolute Gasteiger partial charge is 0.459 e. The molecule has 5 nitrogen and oxygen atoms in total. The molecule has 0 aromatic carbocycles. The van der Waals surface area contributed by atoms with Crippen LogP contribution >= 0.6 is 0 Å². The topological polar surface area (TPSA) is 53.8 Å². The molecule has 1 aliphatic carbocycles. The molecule has 1 atom stereocenters. The summed E-state index contributed by atoms with van der Waals surface area (Å²) in [6.45, 7) is 3.02. The van der Waals surface area contributed by atoms with Crippen LogP contribution in [0.2, 0.25) is 0 Å². The molecule has 5 heteroatoms. The van der Waals surface area contributed by atoms with Gasteiger partial charge in [0.1, 0.15) is 0 Å². The van der Waals surface area contributed by atoms with Crippen molar-refractivity contribution < 1.29 is 14.0 Å². The summed E-state index contributed by atoms with van der Waals surface area (Å²) in [4.78, 5) is 29.4. The highest BCUT2D eigenvalue weighted by Crippen LogP contribution is 2.41.